The van der Waals surface area contributed by atoms with E-state index >= 15 is 0 Å². The minimum atomic E-state index is -0.236. The first-order valence-corrected chi connectivity index (χ1v) is 6.98. The van der Waals surface area contributed by atoms with Crippen LogP contribution in [0.2, 0.25) is 0 Å². The Morgan fingerprint density at radius 1 is 1.43 bits per heavy atom. The molecule has 0 aliphatic carbocycles. The molecule has 1 aliphatic rings. The number of pyridine rings is 1. The maximum atomic E-state index is 12.5. The number of carbonyl (C=O) groups is 1. The van der Waals surface area contributed by atoms with Crippen LogP contribution in [-0.4, -0.2) is 27.3 Å². The number of nitrogens with zero attached hydrogens (tertiary/aromatic N) is 3. The van der Waals surface area contributed by atoms with E-state index in [0.717, 1.165) is 17.1 Å². The molecule has 1 N–H and O–H groups in total. The van der Waals surface area contributed by atoms with Crippen LogP contribution in [-0.2, 0) is 16.6 Å². The Bertz CT molecular complexity index is 653. The minimum absolute atomic E-state index is 0.0238. The summed E-state index contributed by atoms with van der Waals surface area (Å²) in [6.07, 6.45) is 3.89. The Labute approximate surface area is 123 Å². The van der Waals surface area contributed by atoms with E-state index in [9.17, 15) is 4.79 Å². The molecule has 6 nitrogen and oxygen atoms in total. The van der Waals surface area contributed by atoms with E-state index in [0.29, 0.717) is 13.0 Å². The van der Waals surface area contributed by atoms with E-state index in [4.69, 9.17) is 4.74 Å². The molecule has 0 saturated carbocycles. The quantitative estimate of drug-likeness (QED) is 0.934. The molecule has 0 aromatic carbocycles. The van der Waals surface area contributed by atoms with Gasteiger partial charge in [-0.25, -0.2) is 0 Å². The smallest absolute Gasteiger partial charge is 0.230 e. The number of rotatable bonds is 3. The maximum absolute atomic E-state index is 12.5. The van der Waals surface area contributed by atoms with Gasteiger partial charge in [0, 0.05) is 37.4 Å². The summed E-state index contributed by atoms with van der Waals surface area (Å²) >= 11 is 0. The first-order valence-electron chi connectivity index (χ1n) is 6.98. The van der Waals surface area contributed by atoms with Crippen molar-refractivity contribution < 1.29 is 9.53 Å². The molecule has 21 heavy (non-hydrogen) atoms. The first kappa shape index (κ1) is 13.8. The molecule has 2 aromatic rings. The fraction of sp³-hybridized carbons (Fsp3) is 0.400. The number of carbonyl (C=O) groups excluding carboxylic acids is 1. The van der Waals surface area contributed by atoms with Crippen LogP contribution in [0.3, 0.4) is 0 Å². The number of hydrogen-bond acceptors (Lipinski definition) is 4. The molecule has 2 aromatic heterocycles. The van der Waals surface area contributed by atoms with Gasteiger partial charge in [-0.05, 0) is 31.5 Å². The number of hydrogen-bond donors (Lipinski definition) is 1. The summed E-state index contributed by atoms with van der Waals surface area (Å²) in [5.74, 6) is -0.224. The highest BCUT2D eigenvalue weighted by molar-refractivity contribution is 5.93. The van der Waals surface area contributed by atoms with Gasteiger partial charge in [0.15, 0.2) is 0 Å². The average Bonchev–Trinajstić information content (AvgIpc) is 3.06. The fourth-order valence-electron chi connectivity index (χ4n) is 2.67. The number of ether oxygens (including phenoxy) is 1. The third kappa shape index (κ3) is 2.80. The number of anilines is 1. The summed E-state index contributed by atoms with van der Waals surface area (Å²) in [5, 5.41) is 7.09. The lowest BCUT2D eigenvalue weighted by atomic mass is 9.98. The fourth-order valence-corrected chi connectivity index (χ4v) is 2.67. The highest BCUT2D eigenvalue weighted by Crippen LogP contribution is 2.34. The molecule has 0 radical (unpaired) electrons. The summed E-state index contributed by atoms with van der Waals surface area (Å²) in [6, 6.07) is 5.54. The van der Waals surface area contributed by atoms with Crippen LogP contribution in [0.15, 0.2) is 30.6 Å². The van der Waals surface area contributed by atoms with Crippen LogP contribution in [0.5, 0.6) is 0 Å². The van der Waals surface area contributed by atoms with Gasteiger partial charge in [-0.15, -0.1) is 0 Å². The van der Waals surface area contributed by atoms with Gasteiger partial charge in [-0.1, -0.05) is 0 Å². The zero-order chi connectivity index (χ0) is 14.8. The predicted molar refractivity (Wildman–Crippen MR) is 77.6 cm³/mol. The Balaban J connectivity index is 1.76. The molecule has 1 saturated heterocycles. The van der Waals surface area contributed by atoms with Crippen LogP contribution >= 0.6 is 0 Å². The van der Waals surface area contributed by atoms with E-state index in [2.05, 4.69) is 15.4 Å². The van der Waals surface area contributed by atoms with Gasteiger partial charge < -0.3 is 10.1 Å². The van der Waals surface area contributed by atoms with Crippen molar-refractivity contribution in [2.75, 3.05) is 11.9 Å². The van der Waals surface area contributed by atoms with Gasteiger partial charge in [0.25, 0.3) is 0 Å². The third-order valence-corrected chi connectivity index (χ3v) is 3.74. The second-order valence-corrected chi connectivity index (χ2v) is 5.24. The molecule has 0 spiro atoms. The van der Waals surface area contributed by atoms with Crippen molar-refractivity contribution in [2.45, 2.75) is 19.4 Å². The third-order valence-electron chi connectivity index (χ3n) is 3.74. The topological polar surface area (TPSA) is 69.0 Å². The van der Waals surface area contributed by atoms with E-state index in [1.165, 1.54) is 0 Å². The van der Waals surface area contributed by atoms with Gasteiger partial charge in [0.1, 0.15) is 6.10 Å². The normalized spacial score (nSPS) is 21.4. The summed E-state index contributed by atoms with van der Waals surface area (Å²) in [6.45, 7) is 2.48. The second kappa shape index (κ2) is 5.65. The lowest BCUT2D eigenvalue weighted by Gasteiger charge is -2.18. The molecular weight excluding hydrogens is 268 g/mol. The lowest BCUT2D eigenvalue weighted by molar-refractivity contribution is -0.121. The summed E-state index contributed by atoms with van der Waals surface area (Å²) in [5.41, 5.74) is 2.57. The highest BCUT2D eigenvalue weighted by atomic mass is 16.5. The van der Waals surface area contributed by atoms with Crippen molar-refractivity contribution in [2.24, 2.45) is 13.0 Å². The van der Waals surface area contributed by atoms with Crippen molar-refractivity contribution in [3.8, 4) is 0 Å². The Morgan fingerprint density at radius 2 is 2.29 bits per heavy atom. The van der Waals surface area contributed by atoms with Crippen molar-refractivity contribution in [1.29, 1.82) is 0 Å². The number of aromatic nitrogens is 3. The molecule has 2 atom stereocenters. The summed E-state index contributed by atoms with van der Waals surface area (Å²) in [7, 11) is 1.86. The summed E-state index contributed by atoms with van der Waals surface area (Å²) < 4.78 is 7.50. The Hall–Kier alpha value is -2.21. The molecule has 1 amide bonds. The van der Waals surface area contributed by atoms with Crippen molar-refractivity contribution in [3.63, 3.8) is 0 Å². The largest absolute Gasteiger partial charge is 0.371 e. The highest BCUT2D eigenvalue weighted by Gasteiger charge is 2.36. The molecule has 1 fully saturated rings. The average molecular weight is 286 g/mol. The zero-order valence-corrected chi connectivity index (χ0v) is 12.1. The van der Waals surface area contributed by atoms with E-state index in [-0.39, 0.29) is 17.9 Å². The van der Waals surface area contributed by atoms with E-state index in [1.807, 2.05) is 26.1 Å². The Kier molecular flexibility index (Phi) is 3.70. The van der Waals surface area contributed by atoms with Crippen molar-refractivity contribution in [3.05, 3.63) is 42.0 Å². The molecule has 110 valence electrons. The predicted octanol–water partition coefficient (Wildman–Crippen LogP) is 1.84. The first-order chi connectivity index (χ1) is 10.1. The number of amides is 1. The molecule has 0 unspecified atom stereocenters. The maximum Gasteiger partial charge on any atom is 0.230 e. The van der Waals surface area contributed by atoms with Gasteiger partial charge in [-0.2, -0.15) is 5.10 Å². The Morgan fingerprint density at radius 3 is 3.00 bits per heavy atom. The number of nitrogens with one attached hydrogen (secondary N) is 1. The van der Waals surface area contributed by atoms with Crippen molar-refractivity contribution >= 4 is 11.6 Å². The van der Waals surface area contributed by atoms with Crippen LogP contribution in [0, 0.1) is 12.8 Å². The van der Waals surface area contributed by atoms with Gasteiger partial charge in [0.2, 0.25) is 5.91 Å². The lowest BCUT2D eigenvalue weighted by Crippen LogP contribution is -2.26. The van der Waals surface area contributed by atoms with Crippen LogP contribution in [0.4, 0.5) is 5.69 Å². The summed E-state index contributed by atoms with van der Waals surface area (Å²) in [4.78, 5) is 16.6. The SMILES string of the molecule is Cc1cc(NC(=O)[C@@H]2CCO[C@H]2c2ccnn2C)ccn1. The van der Waals surface area contributed by atoms with Crippen molar-refractivity contribution in [1.82, 2.24) is 14.8 Å². The second-order valence-electron chi connectivity index (χ2n) is 5.24. The zero-order valence-electron chi connectivity index (χ0n) is 12.1. The number of aryl methyl sites for hydroxylation is 2. The molecule has 1 aliphatic heterocycles. The van der Waals surface area contributed by atoms with E-state index in [1.54, 1.807) is 23.1 Å². The molecule has 0 bridgehead atoms. The van der Waals surface area contributed by atoms with Crippen LogP contribution < -0.4 is 5.32 Å². The van der Waals surface area contributed by atoms with Gasteiger partial charge in [-0.3, -0.25) is 14.5 Å². The minimum Gasteiger partial charge on any atom is -0.371 e. The molecular formula is C15H18N4O2. The standard InChI is InChI=1S/C15H18N4O2/c1-10-9-11(3-6-16-10)18-15(20)12-5-8-21-14(12)13-4-7-17-19(13)2/h3-4,6-7,9,12,14H,5,8H2,1-2H3,(H,16,18,20)/t12-,14-/m1/s1. The monoisotopic (exact) mass is 286 g/mol. The van der Waals surface area contributed by atoms with Crippen LogP contribution in [0.25, 0.3) is 0 Å². The molecule has 3 heterocycles. The molecule has 6 heteroatoms. The van der Waals surface area contributed by atoms with Gasteiger partial charge >= 0.3 is 0 Å². The van der Waals surface area contributed by atoms with E-state index < -0.39 is 0 Å². The van der Waals surface area contributed by atoms with Gasteiger partial charge in [0.05, 0.1) is 11.6 Å². The van der Waals surface area contributed by atoms with Crippen LogP contribution in [0.1, 0.15) is 23.9 Å². The molecule has 3 rings (SSSR count).